The van der Waals surface area contributed by atoms with Crippen LogP contribution in [0.15, 0.2) is 36.4 Å². The van der Waals surface area contributed by atoms with Crippen molar-refractivity contribution >= 4 is 17.9 Å². The Balaban J connectivity index is 1.69. The average Bonchev–Trinajstić information content (AvgIpc) is 2.80. The van der Waals surface area contributed by atoms with E-state index < -0.39 is 0 Å². The number of hydrogen-bond donors (Lipinski definition) is 2. The van der Waals surface area contributed by atoms with Gasteiger partial charge >= 0.3 is 0 Å². The van der Waals surface area contributed by atoms with Gasteiger partial charge in [-0.25, -0.2) is 0 Å². The first-order chi connectivity index (χ1) is 10.7. The summed E-state index contributed by atoms with van der Waals surface area (Å²) in [6, 6.07) is 9.86. The molecule has 4 heteroatoms. The molecule has 1 aliphatic rings. The van der Waals surface area contributed by atoms with E-state index in [2.05, 4.69) is 10.6 Å². The first kappa shape index (κ1) is 16.3. The average molecular weight is 300 g/mol. The molecular formula is C18H24N2O2. The second-order valence-electron chi connectivity index (χ2n) is 5.72. The van der Waals surface area contributed by atoms with Gasteiger partial charge in [-0.1, -0.05) is 56.0 Å². The third-order valence-electron chi connectivity index (χ3n) is 3.87. The molecule has 1 saturated carbocycles. The van der Waals surface area contributed by atoms with Crippen molar-refractivity contribution in [3.8, 4) is 0 Å². The van der Waals surface area contributed by atoms with E-state index in [1.807, 2.05) is 30.3 Å². The Hall–Kier alpha value is -2.10. The molecule has 0 heterocycles. The van der Waals surface area contributed by atoms with E-state index in [-0.39, 0.29) is 24.4 Å². The quantitative estimate of drug-likeness (QED) is 0.649. The third kappa shape index (κ3) is 6.12. The maximum Gasteiger partial charge on any atom is 0.244 e. The van der Waals surface area contributed by atoms with Crippen molar-refractivity contribution < 1.29 is 9.59 Å². The van der Waals surface area contributed by atoms with Crippen LogP contribution in [0.5, 0.6) is 0 Å². The second-order valence-corrected chi connectivity index (χ2v) is 5.72. The van der Waals surface area contributed by atoms with Crippen LogP contribution in [-0.4, -0.2) is 24.4 Å². The summed E-state index contributed by atoms with van der Waals surface area (Å²) < 4.78 is 0. The minimum Gasteiger partial charge on any atom is -0.352 e. The fraction of sp³-hybridized carbons (Fsp3) is 0.444. The minimum atomic E-state index is -0.250. The number of hydrogen-bond acceptors (Lipinski definition) is 2. The zero-order valence-electron chi connectivity index (χ0n) is 12.9. The molecule has 22 heavy (non-hydrogen) atoms. The first-order valence-corrected chi connectivity index (χ1v) is 8.04. The van der Waals surface area contributed by atoms with Gasteiger partial charge in [-0.15, -0.1) is 0 Å². The fourth-order valence-corrected chi connectivity index (χ4v) is 2.66. The molecular weight excluding hydrogens is 276 g/mol. The van der Waals surface area contributed by atoms with E-state index in [0.29, 0.717) is 0 Å². The van der Waals surface area contributed by atoms with Crippen molar-refractivity contribution in [3.63, 3.8) is 0 Å². The Kier molecular flexibility index (Phi) is 6.68. The van der Waals surface area contributed by atoms with E-state index in [1.165, 1.54) is 31.8 Å². The third-order valence-corrected chi connectivity index (χ3v) is 3.87. The lowest BCUT2D eigenvalue weighted by atomic mass is 10.1. The van der Waals surface area contributed by atoms with Crippen LogP contribution in [0, 0.1) is 0 Å². The molecule has 0 unspecified atom stereocenters. The maximum atomic E-state index is 11.9. The summed E-state index contributed by atoms with van der Waals surface area (Å²) in [7, 11) is 0. The predicted octanol–water partition coefficient (Wildman–Crippen LogP) is 2.66. The lowest BCUT2D eigenvalue weighted by Gasteiger charge is -2.16. The van der Waals surface area contributed by atoms with Crippen molar-refractivity contribution in [2.45, 2.75) is 44.6 Å². The molecule has 0 saturated heterocycles. The summed E-state index contributed by atoms with van der Waals surface area (Å²) in [5.74, 6) is -0.353. The van der Waals surface area contributed by atoms with E-state index in [0.717, 1.165) is 18.4 Å². The molecule has 0 spiro atoms. The van der Waals surface area contributed by atoms with Crippen LogP contribution >= 0.6 is 0 Å². The van der Waals surface area contributed by atoms with Crippen LogP contribution in [0.1, 0.15) is 44.1 Å². The van der Waals surface area contributed by atoms with Gasteiger partial charge in [-0.2, -0.15) is 0 Å². The highest BCUT2D eigenvalue weighted by atomic mass is 16.2. The Morgan fingerprint density at radius 2 is 1.73 bits per heavy atom. The summed E-state index contributed by atoms with van der Waals surface area (Å²) in [5, 5.41) is 5.63. The van der Waals surface area contributed by atoms with Crippen molar-refractivity contribution in [1.29, 1.82) is 0 Å². The lowest BCUT2D eigenvalue weighted by Crippen LogP contribution is -2.41. The van der Waals surface area contributed by atoms with Crippen LogP contribution in [0.2, 0.25) is 0 Å². The van der Waals surface area contributed by atoms with Crippen LogP contribution in [0.25, 0.3) is 6.08 Å². The van der Waals surface area contributed by atoms with Gasteiger partial charge in [0.25, 0.3) is 0 Å². The molecule has 1 aliphatic carbocycles. The van der Waals surface area contributed by atoms with Crippen molar-refractivity contribution in [1.82, 2.24) is 10.6 Å². The monoisotopic (exact) mass is 300 g/mol. The molecule has 0 atom stereocenters. The Labute approximate surface area is 132 Å². The van der Waals surface area contributed by atoms with Crippen molar-refractivity contribution in [3.05, 3.63) is 42.0 Å². The number of nitrogens with one attached hydrogen (secondary N) is 2. The zero-order valence-corrected chi connectivity index (χ0v) is 12.9. The summed E-state index contributed by atoms with van der Waals surface area (Å²) in [6.07, 6.45) is 10.2. The molecule has 2 amide bonds. The van der Waals surface area contributed by atoms with Gasteiger partial charge in [0.1, 0.15) is 0 Å². The maximum absolute atomic E-state index is 11.9. The largest absolute Gasteiger partial charge is 0.352 e. The normalized spacial score (nSPS) is 16.2. The fourth-order valence-electron chi connectivity index (χ4n) is 2.66. The van der Waals surface area contributed by atoms with Crippen LogP contribution in [0.3, 0.4) is 0 Å². The van der Waals surface area contributed by atoms with Gasteiger partial charge in [0, 0.05) is 12.1 Å². The lowest BCUT2D eigenvalue weighted by molar-refractivity contribution is -0.124. The van der Waals surface area contributed by atoms with Gasteiger partial charge in [0.15, 0.2) is 0 Å². The number of rotatable bonds is 5. The first-order valence-electron chi connectivity index (χ1n) is 8.04. The number of benzene rings is 1. The van der Waals surface area contributed by atoms with Gasteiger partial charge < -0.3 is 10.6 Å². The highest BCUT2D eigenvalue weighted by Crippen LogP contribution is 2.16. The zero-order chi connectivity index (χ0) is 15.6. The van der Waals surface area contributed by atoms with E-state index >= 15 is 0 Å². The number of amides is 2. The van der Waals surface area contributed by atoms with Gasteiger partial charge in [-0.05, 0) is 24.5 Å². The summed E-state index contributed by atoms with van der Waals surface area (Å²) >= 11 is 0. The Bertz CT molecular complexity index is 503. The van der Waals surface area contributed by atoms with Gasteiger partial charge in [-0.3, -0.25) is 9.59 Å². The standard InChI is InChI=1S/C18H24N2O2/c21-17(13-12-15-8-4-3-5-9-15)19-14-18(22)20-16-10-6-1-2-7-11-16/h3-5,8-9,12-13,16H,1-2,6-7,10-11,14H2,(H,19,21)(H,20,22)/b13-12+. The Morgan fingerprint density at radius 3 is 2.41 bits per heavy atom. The summed E-state index contributed by atoms with van der Waals surface area (Å²) in [6.45, 7) is 0.0362. The van der Waals surface area contributed by atoms with Gasteiger partial charge in [0.2, 0.25) is 11.8 Å². The molecule has 2 rings (SSSR count). The van der Waals surface area contributed by atoms with Crippen molar-refractivity contribution in [2.75, 3.05) is 6.54 Å². The molecule has 0 aromatic heterocycles. The molecule has 0 bridgehead atoms. The number of carbonyl (C=O) groups excluding carboxylic acids is 2. The molecule has 2 N–H and O–H groups in total. The Morgan fingerprint density at radius 1 is 1.05 bits per heavy atom. The second kappa shape index (κ2) is 9.03. The van der Waals surface area contributed by atoms with Gasteiger partial charge in [0.05, 0.1) is 6.54 Å². The molecule has 1 aromatic rings. The van der Waals surface area contributed by atoms with E-state index in [9.17, 15) is 9.59 Å². The van der Waals surface area contributed by atoms with E-state index in [1.54, 1.807) is 6.08 Å². The van der Waals surface area contributed by atoms with Crippen molar-refractivity contribution in [2.24, 2.45) is 0 Å². The summed E-state index contributed by atoms with van der Waals surface area (Å²) in [5.41, 5.74) is 0.959. The summed E-state index contributed by atoms with van der Waals surface area (Å²) in [4.78, 5) is 23.5. The highest BCUT2D eigenvalue weighted by molar-refractivity contribution is 5.94. The topological polar surface area (TPSA) is 58.2 Å². The minimum absolute atomic E-state index is 0.0362. The molecule has 118 valence electrons. The smallest absolute Gasteiger partial charge is 0.244 e. The predicted molar refractivity (Wildman–Crippen MR) is 88.1 cm³/mol. The molecule has 1 aromatic carbocycles. The van der Waals surface area contributed by atoms with Crippen LogP contribution < -0.4 is 10.6 Å². The van der Waals surface area contributed by atoms with Crippen LogP contribution in [-0.2, 0) is 9.59 Å². The molecule has 0 radical (unpaired) electrons. The number of carbonyl (C=O) groups is 2. The van der Waals surface area contributed by atoms with Crippen LogP contribution in [0.4, 0.5) is 0 Å². The molecule has 4 nitrogen and oxygen atoms in total. The highest BCUT2D eigenvalue weighted by Gasteiger charge is 2.14. The molecule has 0 aliphatic heterocycles. The molecule has 1 fully saturated rings. The SMILES string of the molecule is O=C(/C=C/c1ccccc1)NCC(=O)NC1CCCCCC1. The van der Waals surface area contributed by atoms with E-state index in [4.69, 9.17) is 0 Å².